The van der Waals surface area contributed by atoms with Crippen LogP contribution in [0.3, 0.4) is 0 Å². The highest BCUT2D eigenvalue weighted by molar-refractivity contribution is 7.91. The van der Waals surface area contributed by atoms with Crippen molar-refractivity contribution in [3.8, 4) is 0 Å². The molecule has 2 fully saturated rings. The van der Waals surface area contributed by atoms with Crippen molar-refractivity contribution in [1.29, 1.82) is 0 Å². The summed E-state index contributed by atoms with van der Waals surface area (Å²) in [6, 6.07) is 0. The molecule has 0 atom stereocenters. The van der Waals surface area contributed by atoms with Gasteiger partial charge in [-0.25, -0.2) is 8.42 Å². The van der Waals surface area contributed by atoms with Crippen LogP contribution in [0, 0.1) is 5.92 Å². The van der Waals surface area contributed by atoms with E-state index in [4.69, 9.17) is 0 Å². The van der Waals surface area contributed by atoms with E-state index in [0.29, 0.717) is 19.3 Å². The van der Waals surface area contributed by atoms with Crippen molar-refractivity contribution in [1.82, 2.24) is 5.32 Å². The maximum atomic E-state index is 12.4. The van der Waals surface area contributed by atoms with Gasteiger partial charge in [0, 0.05) is 18.1 Å². The van der Waals surface area contributed by atoms with E-state index in [-0.39, 0.29) is 35.5 Å². The van der Waals surface area contributed by atoms with Crippen LogP contribution >= 0.6 is 0 Å². The van der Waals surface area contributed by atoms with Crippen molar-refractivity contribution < 1.29 is 18.3 Å². The molecule has 6 heteroatoms. The Morgan fingerprint density at radius 1 is 1.15 bits per heavy atom. The van der Waals surface area contributed by atoms with Gasteiger partial charge in [-0.3, -0.25) is 4.79 Å². The zero-order valence-corrected chi connectivity index (χ0v) is 12.8. The van der Waals surface area contributed by atoms with Gasteiger partial charge in [0.2, 0.25) is 5.91 Å². The van der Waals surface area contributed by atoms with E-state index in [1.165, 1.54) is 6.42 Å². The van der Waals surface area contributed by atoms with Gasteiger partial charge in [-0.15, -0.1) is 0 Å². The summed E-state index contributed by atoms with van der Waals surface area (Å²) >= 11 is 0. The molecule has 0 spiro atoms. The first-order valence-electron chi connectivity index (χ1n) is 7.60. The van der Waals surface area contributed by atoms with Gasteiger partial charge >= 0.3 is 0 Å². The van der Waals surface area contributed by atoms with Crippen molar-refractivity contribution in [2.75, 3.05) is 18.1 Å². The largest absolute Gasteiger partial charge is 0.396 e. The van der Waals surface area contributed by atoms with Crippen LogP contribution in [-0.4, -0.2) is 43.1 Å². The molecule has 5 nitrogen and oxygen atoms in total. The normalized spacial score (nSPS) is 26.1. The molecule has 0 aromatic rings. The minimum absolute atomic E-state index is 0.0183. The summed E-state index contributed by atoms with van der Waals surface area (Å²) in [7, 11) is -2.93. The first kappa shape index (κ1) is 15.8. The quantitative estimate of drug-likeness (QED) is 0.812. The van der Waals surface area contributed by atoms with Crippen LogP contribution in [0.5, 0.6) is 0 Å². The molecule has 0 aromatic heterocycles. The second-order valence-corrected chi connectivity index (χ2v) is 8.53. The van der Waals surface area contributed by atoms with Crippen LogP contribution in [0.4, 0.5) is 0 Å². The molecule has 116 valence electrons. The minimum atomic E-state index is -2.93. The van der Waals surface area contributed by atoms with E-state index >= 15 is 0 Å². The Hall–Kier alpha value is -0.620. The van der Waals surface area contributed by atoms with Gasteiger partial charge in [-0.05, 0) is 32.1 Å². The molecule has 1 saturated heterocycles. The number of hydrogen-bond donors (Lipinski definition) is 2. The first-order valence-corrected chi connectivity index (χ1v) is 9.42. The van der Waals surface area contributed by atoms with E-state index in [1.54, 1.807) is 0 Å². The summed E-state index contributed by atoms with van der Waals surface area (Å²) in [5.74, 6) is 0.0437. The van der Waals surface area contributed by atoms with Gasteiger partial charge in [0.15, 0.2) is 0 Å². The molecular weight excluding hydrogens is 278 g/mol. The lowest BCUT2D eigenvalue weighted by atomic mass is 9.79. The highest BCUT2D eigenvalue weighted by Gasteiger charge is 2.36. The Morgan fingerprint density at radius 3 is 2.30 bits per heavy atom. The highest BCUT2D eigenvalue weighted by Crippen LogP contribution is 2.32. The lowest BCUT2D eigenvalue weighted by Crippen LogP contribution is -2.52. The third-order valence-corrected chi connectivity index (χ3v) is 6.43. The fraction of sp³-hybridized carbons (Fsp3) is 0.929. The Balaban J connectivity index is 1.95. The number of carbonyl (C=O) groups is 1. The second kappa shape index (κ2) is 6.43. The van der Waals surface area contributed by atoms with E-state index in [2.05, 4.69) is 5.32 Å². The van der Waals surface area contributed by atoms with Gasteiger partial charge < -0.3 is 10.4 Å². The maximum Gasteiger partial charge on any atom is 0.223 e. The van der Waals surface area contributed by atoms with Gasteiger partial charge in [0.25, 0.3) is 0 Å². The Morgan fingerprint density at radius 2 is 1.75 bits per heavy atom. The summed E-state index contributed by atoms with van der Waals surface area (Å²) in [6.07, 6.45) is 6.66. The maximum absolute atomic E-state index is 12.4. The molecule has 1 amide bonds. The van der Waals surface area contributed by atoms with Crippen LogP contribution in [-0.2, 0) is 14.6 Å². The van der Waals surface area contributed by atoms with Crippen LogP contribution in [0.25, 0.3) is 0 Å². The van der Waals surface area contributed by atoms with Crippen LogP contribution < -0.4 is 5.32 Å². The molecule has 2 N–H and O–H groups in total. The molecule has 0 radical (unpaired) electrons. The highest BCUT2D eigenvalue weighted by atomic mass is 32.2. The number of aliphatic hydroxyl groups excluding tert-OH is 1. The molecule has 2 rings (SSSR count). The molecule has 1 aliphatic carbocycles. The van der Waals surface area contributed by atoms with Gasteiger partial charge in [-0.1, -0.05) is 19.3 Å². The number of sulfone groups is 1. The lowest BCUT2D eigenvalue weighted by Gasteiger charge is -2.39. The molecular formula is C14H25NO4S. The van der Waals surface area contributed by atoms with E-state index < -0.39 is 9.84 Å². The SMILES string of the molecule is O=C(NC1(CCO)CCCCC1)C1CCS(=O)(=O)CC1. The molecule has 1 heterocycles. The third-order valence-electron chi connectivity index (χ3n) is 4.71. The van der Waals surface area contributed by atoms with Crippen LogP contribution in [0.2, 0.25) is 0 Å². The molecule has 1 saturated carbocycles. The number of rotatable bonds is 4. The molecule has 0 aromatic carbocycles. The zero-order valence-electron chi connectivity index (χ0n) is 11.9. The summed E-state index contributed by atoms with van der Waals surface area (Å²) in [4.78, 5) is 12.4. The van der Waals surface area contributed by atoms with Crippen molar-refractivity contribution in [3.63, 3.8) is 0 Å². The topological polar surface area (TPSA) is 83.5 Å². The van der Waals surface area contributed by atoms with Crippen molar-refractivity contribution in [2.45, 2.75) is 56.9 Å². The van der Waals surface area contributed by atoms with E-state index in [1.807, 2.05) is 0 Å². The van der Waals surface area contributed by atoms with Crippen molar-refractivity contribution >= 4 is 15.7 Å². The van der Waals surface area contributed by atoms with Gasteiger partial charge in [0.1, 0.15) is 9.84 Å². The van der Waals surface area contributed by atoms with E-state index in [9.17, 15) is 18.3 Å². The summed E-state index contributed by atoms with van der Waals surface area (Å²) < 4.78 is 22.8. The predicted molar refractivity (Wildman–Crippen MR) is 77.0 cm³/mol. The Kier molecular flexibility index (Phi) is 5.07. The van der Waals surface area contributed by atoms with Crippen LogP contribution in [0.15, 0.2) is 0 Å². The number of hydrogen-bond acceptors (Lipinski definition) is 4. The average Bonchev–Trinajstić information content (AvgIpc) is 2.39. The Bertz CT molecular complexity index is 421. The lowest BCUT2D eigenvalue weighted by molar-refractivity contribution is -0.127. The fourth-order valence-electron chi connectivity index (χ4n) is 3.40. The smallest absolute Gasteiger partial charge is 0.223 e. The molecule has 0 unspecified atom stereocenters. The first-order chi connectivity index (χ1) is 9.46. The second-order valence-electron chi connectivity index (χ2n) is 6.23. The van der Waals surface area contributed by atoms with E-state index in [0.717, 1.165) is 25.7 Å². The Labute approximate surface area is 121 Å². The fourth-order valence-corrected chi connectivity index (χ4v) is 4.89. The minimum Gasteiger partial charge on any atom is -0.396 e. The summed E-state index contributed by atoms with van der Waals surface area (Å²) in [5, 5.41) is 12.4. The monoisotopic (exact) mass is 303 g/mol. The molecule has 2 aliphatic rings. The number of carbonyl (C=O) groups excluding carboxylic acids is 1. The number of amides is 1. The number of nitrogens with one attached hydrogen (secondary N) is 1. The molecule has 20 heavy (non-hydrogen) atoms. The van der Waals surface area contributed by atoms with Crippen LogP contribution in [0.1, 0.15) is 51.4 Å². The summed E-state index contributed by atoms with van der Waals surface area (Å²) in [6.45, 7) is 0.0827. The predicted octanol–water partition coefficient (Wildman–Crippen LogP) is 1.01. The standard InChI is InChI=1S/C14H25NO4S/c16-9-8-14(6-2-1-3-7-14)15-13(17)12-4-10-20(18,19)11-5-12/h12,16H,1-11H2,(H,15,17). The zero-order chi connectivity index (χ0) is 14.6. The number of aliphatic hydroxyl groups is 1. The molecule has 1 aliphatic heterocycles. The van der Waals surface area contributed by atoms with Gasteiger partial charge in [-0.2, -0.15) is 0 Å². The third kappa shape index (κ3) is 3.95. The van der Waals surface area contributed by atoms with Gasteiger partial charge in [0.05, 0.1) is 11.5 Å². The molecule has 0 bridgehead atoms. The van der Waals surface area contributed by atoms with Crippen molar-refractivity contribution in [3.05, 3.63) is 0 Å². The average molecular weight is 303 g/mol. The summed E-state index contributed by atoms with van der Waals surface area (Å²) in [5.41, 5.74) is -0.263. The van der Waals surface area contributed by atoms with Crippen molar-refractivity contribution in [2.24, 2.45) is 5.92 Å².